The van der Waals surface area contributed by atoms with Gasteiger partial charge in [0.05, 0.1) is 6.54 Å². The van der Waals surface area contributed by atoms with Crippen LogP contribution in [-0.2, 0) is 16.0 Å². The first-order chi connectivity index (χ1) is 12.0. The number of likely N-dealkylation sites (N-methyl/N-ethyl adjacent to an activating group) is 1. The van der Waals surface area contributed by atoms with Crippen LogP contribution in [0.4, 0.5) is 5.69 Å². The second-order valence-electron chi connectivity index (χ2n) is 5.91. The van der Waals surface area contributed by atoms with E-state index >= 15 is 0 Å². The van der Waals surface area contributed by atoms with Crippen LogP contribution in [0, 0.1) is 6.92 Å². The van der Waals surface area contributed by atoms with Crippen LogP contribution in [-0.4, -0.2) is 36.9 Å². The number of nitrogens with one attached hydrogen (secondary N) is 1. The van der Waals surface area contributed by atoms with Crippen molar-refractivity contribution in [2.45, 2.75) is 20.3 Å². The number of benzene rings is 2. The fourth-order valence-corrected chi connectivity index (χ4v) is 2.33. The Labute approximate surface area is 148 Å². The average Bonchev–Trinajstić information content (AvgIpc) is 2.61. The van der Waals surface area contributed by atoms with Gasteiger partial charge in [-0.1, -0.05) is 42.8 Å². The van der Waals surface area contributed by atoms with E-state index in [1.54, 1.807) is 7.05 Å². The normalized spacial score (nSPS) is 10.2. The third-order valence-corrected chi connectivity index (χ3v) is 3.85. The molecule has 0 aliphatic carbocycles. The van der Waals surface area contributed by atoms with Crippen LogP contribution in [0.5, 0.6) is 5.75 Å². The van der Waals surface area contributed by atoms with Gasteiger partial charge in [0.2, 0.25) is 5.91 Å². The maximum atomic E-state index is 12.2. The average molecular weight is 340 g/mol. The van der Waals surface area contributed by atoms with Gasteiger partial charge in [0.1, 0.15) is 5.75 Å². The summed E-state index contributed by atoms with van der Waals surface area (Å²) in [5.74, 6) is 0.217. The smallest absolute Gasteiger partial charge is 0.260 e. The molecule has 2 aromatic carbocycles. The molecule has 0 fully saturated rings. The topological polar surface area (TPSA) is 58.6 Å². The lowest BCUT2D eigenvalue weighted by Crippen LogP contribution is -2.37. The number of aryl methyl sites for hydroxylation is 2. The molecule has 25 heavy (non-hydrogen) atoms. The summed E-state index contributed by atoms with van der Waals surface area (Å²) < 4.78 is 5.60. The highest BCUT2D eigenvalue weighted by molar-refractivity contribution is 5.94. The second-order valence-corrected chi connectivity index (χ2v) is 5.91. The lowest BCUT2D eigenvalue weighted by Gasteiger charge is -2.18. The molecule has 0 heterocycles. The van der Waals surface area contributed by atoms with Crippen molar-refractivity contribution in [3.05, 3.63) is 59.7 Å². The summed E-state index contributed by atoms with van der Waals surface area (Å²) in [6.07, 6.45) is 0.832. The van der Waals surface area contributed by atoms with E-state index in [1.807, 2.05) is 62.4 Å². The molecular formula is C20H24N2O3. The predicted molar refractivity (Wildman–Crippen MR) is 98.8 cm³/mol. The monoisotopic (exact) mass is 340 g/mol. The third kappa shape index (κ3) is 5.64. The minimum Gasteiger partial charge on any atom is -0.483 e. The number of nitrogens with zero attached hydrogens (tertiary/aromatic N) is 1. The van der Waals surface area contributed by atoms with Gasteiger partial charge in [-0.25, -0.2) is 0 Å². The van der Waals surface area contributed by atoms with Crippen molar-refractivity contribution in [1.29, 1.82) is 0 Å². The Hall–Kier alpha value is -2.82. The highest BCUT2D eigenvalue weighted by atomic mass is 16.5. The fourth-order valence-electron chi connectivity index (χ4n) is 2.33. The zero-order valence-corrected chi connectivity index (χ0v) is 14.9. The van der Waals surface area contributed by atoms with Crippen LogP contribution in [0.25, 0.3) is 0 Å². The zero-order chi connectivity index (χ0) is 18.2. The van der Waals surface area contributed by atoms with Crippen molar-refractivity contribution in [1.82, 2.24) is 4.90 Å². The minimum absolute atomic E-state index is 0.0223. The van der Waals surface area contributed by atoms with Crippen LogP contribution in [0.1, 0.15) is 18.1 Å². The molecule has 0 bridgehead atoms. The molecule has 0 aliphatic heterocycles. The van der Waals surface area contributed by atoms with Crippen molar-refractivity contribution in [3.63, 3.8) is 0 Å². The van der Waals surface area contributed by atoms with Crippen LogP contribution in [0.2, 0.25) is 0 Å². The first kappa shape index (κ1) is 18.5. The summed E-state index contributed by atoms with van der Waals surface area (Å²) in [5, 5.41) is 2.77. The van der Waals surface area contributed by atoms with Crippen molar-refractivity contribution in [2.24, 2.45) is 0 Å². The standard InChI is InChI=1S/C20H24N2O3/c1-4-16-7-5-6-8-18(16)25-14-20(24)22(3)13-19(23)21-17-11-9-15(2)10-12-17/h5-12H,4,13-14H2,1-3H3,(H,21,23). The molecule has 2 aromatic rings. The number of para-hydroxylation sites is 1. The van der Waals surface area contributed by atoms with Gasteiger partial charge in [-0.15, -0.1) is 0 Å². The van der Waals surface area contributed by atoms with Gasteiger partial charge in [0.15, 0.2) is 6.61 Å². The molecular weight excluding hydrogens is 316 g/mol. The molecule has 0 aliphatic rings. The Balaban J connectivity index is 1.83. The molecule has 2 amide bonds. The van der Waals surface area contributed by atoms with Crippen molar-refractivity contribution >= 4 is 17.5 Å². The number of carbonyl (C=O) groups is 2. The number of hydrogen-bond acceptors (Lipinski definition) is 3. The summed E-state index contributed by atoms with van der Waals surface area (Å²) in [7, 11) is 1.59. The second kappa shape index (κ2) is 8.87. The van der Waals surface area contributed by atoms with E-state index in [0.29, 0.717) is 11.4 Å². The summed E-state index contributed by atoms with van der Waals surface area (Å²) in [5.41, 5.74) is 2.88. The van der Waals surface area contributed by atoms with E-state index in [4.69, 9.17) is 4.74 Å². The summed E-state index contributed by atoms with van der Waals surface area (Å²) in [6.45, 7) is 3.90. The van der Waals surface area contributed by atoms with Crippen LogP contribution >= 0.6 is 0 Å². The molecule has 0 radical (unpaired) electrons. The van der Waals surface area contributed by atoms with Crippen molar-refractivity contribution in [3.8, 4) is 5.75 Å². The first-order valence-electron chi connectivity index (χ1n) is 8.30. The lowest BCUT2D eigenvalue weighted by atomic mass is 10.1. The molecule has 0 unspecified atom stereocenters. The summed E-state index contributed by atoms with van der Waals surface area (Å²) >= 11 is 0. The van der Waals surface area contributed by atoms with Crippen molar-refractivity contribution < 1.29 is 14.3 Å². The highest BCUT2D eigenvalue weighted by Gasteiger charge is 2.14. The number of rotatable bonds is 7. The molecule has 2 rings (SSSR count). The van der Waals surface area contributed by atoms with E-state index < -0.39 is 0 Å². The number of carbonyl (C=O) groups excluding carboxylic acids is 2. The Kier molecular flexibility index (Phi) is 6.57. The maximum absolute atomic E-state index is 12.2. The molecule has 5 nitrogen and oxygen atoms in total. The quantitative estimate of drug-likeness (QED) is 0.843. The number of hydrogen-bond donors (Lipinski definition) is 1. The third-order valence-electron chi connectivity index (χ3n) is 3.85. The van der Waals surface area contributed by atoms with E-state index in [9.17, 15) is 9.59 Å². The van der Waals surface area contributed by atoms with E-state index in [2.05, 4.69) is 5.32 Å². The van der Waals surface area contributed by atoms with Crippen molar-refractivity contribution in [2.75, 3.05) is 25.5 Å². The Bertz CT molecular complexity index is 726. The molecule has 0 spiro atoms. The van der Waals surface area contributed by atoms with Gasteiger partial charge in [-0.3, -0.25) is 9.59 Å². The Morgan fingerprint density at radius 2 is 1.76 bits per heavy atom. The molecule has 5 heteroatoms. The SMILES string of the molecule is CCc1ccccc1OCC(=O)N(C)CC(=O)Nc1ccc(C)cc1. The molecule has 0 saturated heterocycles. The molecule has 0 aromatic heterocycles. The maximum Gasteiger partial charge on any atom is 0.260 e. The number of ether oxygens (including phenoxy) is 1. The Morgan fingerprint density at radius 3 is 2.44 bits per heavy atom. The lowest BCUT2D eigenvalue weighted by molar-refractivity contribution is -0.135. The van der Waals surface area contributed by atoms with Crippen LogP contribution in [0.3, 0.4) is 0 Å². The van der Waals surface area contributed by atoms with Gasteiger partial charge in [0.25, 0.3) is 5.91 Å². The zero-order valence-electron chi connectivity index (χ0n) is 14.9. The molecule has 0 saturated carbocycles. The van der Waals surface area contributed by atoms with Crippen LogP contribution < -0.4 is 10.1 Å². The molecule has 0 atom stereocenters. The van der Waals surface area contributed by atoms with E-state index in [1.165, 1.54) is 4.90 Å². The first-order valence-corrected chi connectivity index (χ1v) is 8.30. The molecule has 1 N–H and O–H groups in total. The van der Waals surface area contributed by atoms with E-state index in [0.717, 1.165) is 17.5 Å². The number of anilines is 1. The van der Waals surface area contributed by atoms with Gasteiger partial charge in [-0.2, -0.15) is 0 Å². The highest BCUT2D eigenvalue weighted by Crippen LogP contribution is 2.18. The Morgan fingerprint density at radius 1 is 1.08 bits per heavy atom. The molecule has 132 valence electrons. The van der Waals surface area contributed by atoms with E-state index in [-0.39, 0.29) is 25.0 Å². The summed E-state index contributed by atoms with van der Waals surface area (Å²) in [4.78, 5) is 25.6. The van der Waals surface area contributed by atoms with Gasteiger partial charge in [-0.05, 0) is 37.1 Å². The van der Waals surface area contributed by atoms with Crippen LogP contribution in [0.15, 0.2) is 48.5 Å². The minimum atomic E-state index is -0.245. The van der Waals surface area contributed by atoms with Gasteiger partial charge >= 0.3 is 0 Å². The largest absolute Gasteiger partial charge is 0.483 e. The fraction of sp³-hybridized carbons (Fsp3) is 0.300. The predicted octanol–water partition coefficient (Wildman–Crippen LogP) is 3.03. The number of amides is 2. The van der Waals surface area contributed by atoms with Gasteiger partial charge < -0.3 is 15.0 Å². The van der Waals surface area contributed by atoms with Gasteiger partial charge in [0, 0.05) is 12.7 Å². The summed E-state index contributed by atoms with van der Waals surface area (Å²) in [6, 6.07) is 15.1.